The summed E-state index contributed by atoms with van der Waals surface area (Å²) in [6.07, 6.45) is -4.78. The molecule has 2 rings (SSSR count). The summed E-state index contributed by atoms with van der Waals surface area (Å²) in [5.41, 5.74) is -1.70. The highest BCUT2D eigenvalue weighted by atomic mass is 35.5. The zero-order valence-electron chi connectivity index (χ0n) is 9.75. The maximum absolute atomic E-state index is 13.0. The molecule has 1 aromatic carbocycles. The second-order valence-corrected chi connectivity index (χ2v) is 4.27. The summed E-state index contributed by atoms with van der Waals surface area (Å²) < 4.78 is 51.9. The minimum atomic E-state index is -4.78. The molecule has 0 aliphatic heterocycles. The molecular weight excluding hydrogens is 298 g/mol. The van der Waals surface area contributed by atoms with Crippen molar-refractivity contribution in [1.82, 2.24) is 9.78 Å². The fourth-order valence-electron chi connectivity index (χ4n) is 1.65. The molecule has 0 aliphatic carbocycles. The number of hydrogen-bond donors (Lipinski definition) is 0. The molecule has 0 saturated heterocycles. The molecule has 20 heavy (non-hydrogen) atoms. The first kappa shape index (κ1) is 14.3. The number of aromatic nitrogens is 2. The van der Waals surface area contributed by atoms with Gasteiger partial charge in [-0.1, -0.05) is 23.7 Å². The van der Waals surface area contributed by atoms with Crippen LogP contribution in [0.5, 0.6) is 0 Å². The monoisotopic (exact) mass is 303 g/mol. The molecule has 0 saturated carbocycles. The molecule has 0 amide bonds. The lowest BCUT2D eigenvalue weighted by Gasteiger charge is -2.04. The van der Waals surface area contributed by atoms with Gasteiger partial charge in [-0.2, -0.15) is 23.5 Å². The molecule has 0 fully saturated rings. The van der Waals surface area contributed by atoms with Crippen LogP contribution in [0.25, 0.3) is 0 Å². The summed E-state index contributed by atoms with van der Waals surface area (Å²) >= 11 is 5.71. The number of hydrogen-bond acceptors (Lipinski definition) is 2. The Bertz CT molecular complexity index is 685. The molecule has 0 atom stereocenters. The van der Waals surface area contributed by atoms with Gasteiger partial charge in [0.2, 0.25) is 0 Å². The van der Waals surface area contributed by atoms with E-state index >= 15 is 0 Å². The van der Waals surface area contributed by atoms with Crippen LogP contribution in [-0.2, 0) is 12.7 Å². The summed E-state index contributed by atoms with van der Waals surface area (Å²) in [4.78, 5) is 0. The van der Waals surface area contributed by atoms with E-state index in [1.807, 2.05) is 0 Å². The Balaban J connectivity index is 2.44. The van der Waals surface area contributed by atoms with E-state index in [-0.39, 0.29) is 6.54 Å². The highest BCUT2D eigenvalue weighted by Crippen LogP contribution is 2.34. The lowest BCUT2D eigenvalue weighted by molar-refractivity contribution is -0.141. The normalized spacial score (nSPS) is 11.4. The largest absolute Gasteiger partial charge is 0.436 e. The van der Waals surface area contributed by atoms with Gasteiger partial charge in [-0.3, -0.25) is 0 Å². The Labute approximate surface area is 116 Å². The van der Waals surface area contributed by atoms with E-state index in [4.69, 9.17) is 16.9 Å². The van der Waals surface area contributed by atoms with Crippen LogP contribution >= 0.6 is 11.6 Å². The molecule has 0 unspecified atom stereocenters. The molecule has 0 radical (unpaired) electrons. The molecule has 3 nitrogen and oxygen atoms in total. The van der Waals surface area contributed by atoms with E-state index in [0.717, 1.165) is 10.7 Å². The van der Waals surface area contributed by atoms with Gasteiger partial charge in [-0.05, 0) is 17.7 Å². The predicted octanol–water partition coefficient (Wildman–Crippen LogP) is 3.61. The lowest BCUT2D eigenvalue weighted by Crippen LogP contribution is -2.09. The first-order chi connectivity index (χ1) is 9.32. The molecule has 104 valence electrons. The fourth-order valence-corrected chi connectivity index (χ4v) is 1.88. The first-order valence-electron chi connectivity index (χ1n) is 5.31. The summed E-state index contributed by atoms with van der Waals surface area (Å²) in [6, 6.07) is 6.66. The number of benzene rings is 1. The standard InChI is InChI=1S/C12H6ClF4N3/c13-11-9(5-18)10(12(15,16)17)19-20(11)6-7-2-1-3-8(14)4-7/h1-4H,6H2. The Morgan fingerprint density at radius 3 is 2.55 bits per heavy atom. The van der Waals surface area contributed by atoms with Crippen LogP contribution in [0.4, 0.5) is 17.6 Å². The van der Waals surface area contributed by atoms with Crippen molar-refractivity contribution in [3.05, 3.63) is 52.1 Å². The van der Waals surface area contributed by atoms with Gasteiger partial charge in [0.15, 0.2) is 5.69 Å². The minimum Gasteiger partial charge on any atom is -0.248 e. The van der Waals surface area contributed by atoms with Gasteiger partial charge in [0.1, 0.15) is 22.6 Å². The van der Waals surface area contributed by atoms with Gasteiger partial charge in [0, 0.05) is 0 Å². The molecule has 0 aliphatic rings. The SMILES string of the molecule is N#Cc1c(C(F)(F)F)nn(Cc2cccc(F)c2)c1Cl. The Morgan fingerprint density at radius 1 is 1.35 bits per heavy atom. The second kappa shape index (κ2) is 5.13. The van der Waals surface area contributed by atoms with Gasteiger partial charge in [-0.25, -0.2) is 9.07 Å². The van der Waals surface area contributed by atoms with Crippen LogP contribution in [0.15, 0.2) is 24.3 Å². The van der Waals surface area contributed by atoms with Crippen LogP contribution in [0.2, 0.25) is 5.15 Å². The number of nitriles is 1. The zero-order valence-corrected chi connectivity index (χ0v) is 10.5. The van der Waals surface area contributed by atoms with Crippen LogP contribution < -0.4 is 0 Å². The smallest absolute Gasteiger partial charge is 0.248 e. The number of rotatable bonds is 2. The van der Waals surface area contributed by atoms with Crippen molar-refractivity contribution in [2.24, 2.45) is 0 Å². The summed E-state index contributed by atoms with van der Waals surface area (Å²) in [6.45, 7) is -0.165. The predicted molar refractivity (Wildman–Crippen MR) is 62.5 cm³/mol. The maximum atomic E-state index is 13.0. The molecule has 8 heteroatoms. The van der Waals surface area contributed by atoms with E-state index in [1.54, 1.807) is 0 Å². The highest BCUT2D eigenvalue weighted by molar-refractivity contribution is 6.30. The highest BCUT2D eigenvalue weighted by Gasteiger charge is 2.39. The third kappa shape index (κ3) is 2.75. The minimum absolute atomic E-state index is 0.165. The Hall–Kier alpha value is -2.07. The number of halogens is 5. The third-order valence-corrected chi connectivity index (χ3v) is 2.88. The van der Waals surface area contributed by atoms with E-state index in [2.05, 4.69) is 5.10 Å². The van der Waals surface area contributed by atoms with Gasteiger partial charge < -0.3 is 0 Å². The van der Waals surface area contributed by atoms with Crippen molar-refractivity contribution in [3.63, 3.8) is 0 Å². The fraction of sp³-hybridized carbons (Fsp3) is 0.167. The summed E-state index contributed by atoms with van der Waals surface area (Å²) in [7, 11) is 0. The van der Waals surface area contributed by atoms with Gasteiger partial charge in [-0.15, -0.1) is 0 Å². The van der Waals surface area contributed by atoms with Gasteiger partial charge >= 0.3 is 6.18 Å². The first-order valence-corrected chi connectivity index (χ1v) is 5.68. The maximum Gasteiger partial charge on any atom is 0.436 e. The van der Waals surface area contributed by atoms with Crippen LogP contribution in [0, 0.1) is 17.1 Å². The quantitative estimate of drug-likeness (QED) is 0.795. The lowest BCUT2D eigenvalue weighted by atomic mass is 10.2. The number of nitrogens with zero attached hydrogens (tertiary/aromatic N) is 3. The Morgan fingerprint density at radius 2 is 2.05 bits per heavy atom. The van der Waals surface area contributed by atoms with E-state index in [1.165, 1.54) is 24.3 Å². The molecule has 0 bridgehead atoms. The van der Waals surface area contributed by atoms with Crippen LogP contribution in [0.1, 0.15) is 16.8 Å². The van der Waals surface area contributed by atoms with Crippen molar-refractivity contribution < 1.29 is 17.6 Å². The zero-order chi connectivity index (χ0) is 14.9. The van der Waals surface area contributed by atoms with E-state index < -0.39 is 28.4 Å². The topological polar surface area (TPSA) is 41.6 Å². The molecular formula is C12H6ClF4N3. The van der Waals surface area contributed by atoms with Crippen molar-refractivity contribution in [2.45, 2.75) is 12.7 Å². The van der Waals surface area contributed by atoms with Crippen LogP contribution in [0.3, 0.4) is 0 Å². The van der Waals surface area contributed by atoms with Gasteiger partial charge in [0.05, 0.1) is 6.54 Å². The van der Waals surface area contributed by atoms with E-state index in [0.29, 0.717) is 5.56 Å². The van der Waals surface area contributed by atoms with Crippen molar-refractivity contribution >= 4 is 11.6 Å². The van der Waals surface area contributed by atoms with Crippen LogP contribution in [-0.4, -0.2) is 9.78 Å². The molecule has 0 N–H and O–H groups in total. The number of alkyl halides is 3. The molecule has 2 aromatic rings. The van der Waals surface area contributed by atoms with Crippen molar-refractivity contribution in [1.29, 1.82) is 5.26 Å². The average molecular weight is 304 g/mol. The van der Waals surface area contributed by atoms with Crippen molar-refractivity contribution in [2.75, 3.05) is 0 Å². The third-order valence-electron chi connectivity index (χ3n) is 2.49. The molecule has 1 heterocycles. The van der Waals surface area contributed by atoms with Crippen molar-refractivity contribution in [3.8, 4) is 6.07 Å². The summed E-state index contributed by atoms with van der Waals surface area (Å²) in [5, 5.41) is 11.6. The van der Waals surface area contributed by atoms with Gasteiger partial charge in [0.25, 0.3) is 0 Å². The Kier molecular flexibility index (Phi) is 3.68. The summed E-state index contributed by atoms with van der Waals surface area (Å²) in [5.74, 6) is -0.526. The molecule has 1 aromatic heterocycles. The molecule has 0 spiro atoms. The second-order valence-electron chi connectivity index (χ2n) is 3.91. The average Bonchev–Trinajstić information content (AvgIpc) is 2.66. The van der Waals surface area contributed by atoms with E-state index in [9.17, 15) is 17.6 Å².